The van der Waals surface area contributed by atoms with Crippen molar-refractivity contribution in [3.05, 3.63) is 75.3 Å². The van der Waals surface area contributed by atoms with E-state index in [0.717, 1.165) is 17.7 Å². The number of carbonyl (C=O) groups is 2. The van der Waals surface area contributed by atoms with Crippen molar-refractivity contribution >= 4 is 17.6 Å². The Morgan fingerprint density at radius 2 is 1.77 bits per heavy atom. The minimum atomic E-state index is -1.43. The number of nitro groups is 1. The topological polar surface area (TPSA) is 107 Å². The Morgan fingerprint density at radius 1 is 1.12 bits per heavy atom. The molecule has 1 atom stereocenters. The Labute approximate surface area is 150 Å². The molecule has 0 saturated heterocycles. The second-order valence-corrected chi connectivity index (χ2v) is 6.12. The number of nitrogens with zero attached hydrogens (tertiary/aromatic N) is 1. The van der Waals surface area contributed by atoms with Crippen molar-refractivity contribution in [1.82, 2.24) is 0 Å². The molecule has 7 heteroatoms. The normalized spacial score (nSPS) is 11.8. The molecule has 0 aliphatic heterocycles. The average molecular weight is 357 g/mol. The van der Waals surface area contributed by atoms with Crippen LogP contribution in [0.2, 0.25) is 0 Å². The van der Waals surface area contributed by atoms with Gasteiger partial charge in [0.25, 0.3) is 5.69 Å². The van der Waals surface area contributed by atoms with Crippen LogP contribution in [0.1, 0.15) is 46.0 Å². The van der Waals surface area contributed by atoms with Crippen LogP contribution in [-0.2, 0) is 4.74 Å². The summed E-state index contributed by atoms with van der Waals surface area (Å²) in [6.45, 7) is 3.93. The van der Waals surface area contributed by atoms with E-state index < -0.39 is 33.7 Å². The van der Waals surface area contributed by atoms with E-state index in [1.54, 1.807) is 0 Å². The van der Waals surface area contributed by atoms with Gasteiger partial charge >= 0.3 is 11.9 Å². The van der Waals surface area contributed by atoms with Gasteiger partial charge in [0, 0.05) is 12.0 Å². The Balaban J connectivity index is 2.30. The summed E-state index contributed by atoms with van der Waals surface area (Å²) >= 11 is 0. The smallest absolute Gasteiger partial charge is 0.346 e. The molecule has 0 unspecified atom stereocenters. The van der Waals surface area contributed by atoms with Crippen molar-refractivity contribution in [2.45, 2.75) is 19.8 Å². The molecule has 0 spiro atoms. The van der Waals surface area contributed by atoms with Crippen molar-refractivity contribution in [1.29, 1.82) is 0 Å². The zero-order chi connectivity index (χ0) is 19.3. The van der Waals surface area contributed by atoms with E-state index in [1.807, 2.05) is 44.2 Å². The Hall–Kier alpha value is -3.22. The first-order valence-electron chi connectivity index (χ1n) is 8.05. The Bertz CT molecular complexity index is 784. The quantitative estimate of drug-likeness (QED) is 0.458. The van der Waals surface area contributed by atoms with E-state index in [1.165, 1.54) is 6.07 Å². The lowest BCUT2D eigenvalue weighted by Gasteiger charge is -2.21. The highest BCUT2D eigenvalue weighted by molar-refractivity contribution is 6.05. The molecule has 0 heterocycles. The number of aromatic carboxylic acids is 1. The fraction of sp³-hybridized carbons (Fsp3) is 0.263. The summed E-state index contributed by atoms with van der Waals surface area (Å²) in [4.78, 5) is 34.2. The van der Waals surface area contributed by atoms with Crippen LogP contribution in [0.15, 0.2) is 48.5 Å². The number of benzene rings is 2. The van der Waals surface area contributed by atoms with Gasteiger partial charge in [-0.3, -0.25) is 10.1 Å². The molecule has 1 N–H and O–H groups in total. The largest absolute Gasteiger partial charge is 0.478 e. The zero-order valence-electron chi connectivity index (χ0n) is 14.4. The fourth-order valence-corrected chi connectivity index (χ4v) is 2.70. The lowest BCUT2D eigenvalue weighted by Crippen LogP contribution is -2.20. The number of nitro benzene ring substituents is 1. The summed E-state index contributed by atoms with van der Waals surface area (Å²) in [5.74, 6) is -2.41. The molecule has 0 aliphatic carbocycles. The number of carbonyl (C=O) groups excluding carboxylic acids is 1. The third-order valence-corrected chi connectivity index (χ3v) is 4.10. The highest BCUT2D eigenvalue weighted by Gasteiger charge is 2.29. The molecule has 136 valence electrons. The predicted octanol–water partition coefficient (Wildman–Crippen LogP) is 3.89. The van der Waals surface area contributed by atoms with Crippen molar-refractivity contribution < 1.29 is 24.4 Å². The highest BCUT2D eigenvalue weighted by atomic mass is 16.6. The van der Waals surface area contributed by atoms with Crippen LogP contribution in [-0.4, -0.2) is 28.6 Å². The lowest BCUT2D eigenvalue weighted by molar-refractivity contribution is -0.385. The van der Waals surface area contributed by atoms with Crippen LogP contribution in [0.3, 0.4) is 0 Å². The second-order valence-electron chi connectivity index (χ2n) is 6.12. The third kappa shape index (κ3) is 4.24. The van der Waals surface area contributed by atoms with Crippen molar-refractivity contribution in [2.75, 3.05) is 6.61 Å². The van der Waals surface area contributed by atoms with E-state index in [-0.39, 0.29) is 18.4 Å². The van der Waals surface area contributed by atoms with Crippen molar-refractivity contribution in [3.8, 4) is 0 Å². The van der Waals surface area contributed by atoms with Gasteiger partial charge in [-0.1, -0.05) is 50.2 Å². The second kappa shape index (κ2) is 8.24. The molecule has 0 aliphatic rings. The van der Waals surface area contributed by atoms with Gasteiger partial charge in [-0.25, -0.2) is 9.59 Å². The summed E-state index contributed by atoms with van der Waals surface area (Å²) in [6, 6.07) is 12.9. The summed E-state index contributed by atoms with van der Waals surface area (Å²) in [7, 11) is 0. The molecule has 0 fully saturated rings. The van der Waals surface area contributed by atoms with Crippen LogP contribution < -0.4 is 0 Å². The molecule has 0 amide bonds. The molecule has 7 nitrogen and oxygen atoms in total. The Morgan fingerprint density at radius 3 is 2.31 bits per heavy atom. The number of hydrogen-bond acceptors (Lipinski definition) is 5. The maximum Gasteiger partial charge on any atom is 0.346 e. The van der Waals surface area contributed by atoms with Gasteiger partial charge in [0.1, 0.15) is 0 Å². The lowest BCUT2D eigenvalue weighted by atomic mass is 9.89. The predicted molar refractivity (Wildman–Crippen MR) is 94.4 cm³/mol. The van der Waals surface area contributed by atoms with Gasteiger partial charge in [0.05, 0.1) is 17.1 Å². The van der Waals surface area contributed by atoms with Crippen LogP contribution in [0.25, 0.3) is 0 Å². The third-order valence-electron chi connectivity index (χ3n) is 4.10. The van der Waals surface area contributed by atoms with Gasteiger partial charge in [-0.15, -0.1) is 0 Å². The number of carboxylic acids is 1. The minimum Gasteiger partial charge on any atom is -0.478 e. The summed E-state index contributed by atoms with van der Waals surface area (Å²) in [5.41, 5.74) is -0.613. The van der Waals surface area contributed by atoms with Gasteiger partial charge in [0.15, 0.2) is 5.56 Å². The molecule has 0 radical (unpaired) electrons. The van der Waals surface area contributed by atoms with Crippen LogP contribution in [0.4, 0.5) is 5.69 Å². The summed E-state index contributed by atoms with van der Waals surface area (Å²) in [5, 5.41) is 20.4. The first kappa shape index (κ1) is 19.1. The van der Waals surface area contributed by atoms with Gasteiger partial charge in [0.2, 0.25) is 0 Å². The maximum atomic E-state index is 12.5. The monoisotopic (exact) mass is 357 g/mol. The van der Waals surface area contributed by atoms with Crippen LogP contribution in [0.5, 0.6) is 0 Å². The first-order chi connectivity index (χ1) is 12.3. The van der Waals surface area contributed by atoms with Crippen molar-refractivity contribution in [2.24, 2.45) is 5.92 Å². The molecule has 0 saturated carbocycles. The van der Waals surface area contributed by atoms with Gasteiger partial charge < -0.3 is 9.84 Å². The van der Waals surface area contributed by atoms with E-state index in [0.29, 0.717) is 0 Å². The highest BCUT2D eigenvalue weighted by Crippen LogP contribution is 2.27. The zero-order valence-corrected chi connectivity index (χ0v) is 14.4. The number of ether oxygens (including phenoxy) is 1. The van der Waals surface area contributed by atoms with Crippen LogP contribution in [0, 0.1) is 16.0 Å². The van der Waals surface area contributed by atoms with Gasteiger partial charge in [-0.2, -0.15) is 0 Å². The molecule has 26 heavy (non-hydrogen) atoms. The molecule has 2 aromatic carbocycles. The first-order valence-corrected chi connectivity index (χ1v) is 8.05. The van der Waals surface area contributed by atoms with Crippen LogP contribution >= 0.6 is 0 Å². The van der Waals surface area contributed by atoms with Crippen molar-refractivity contribution in [3.63, 3.8) is 0 Å². The van der Waals surface area contributed by atoms with E-state index in [4.69, 9.17) is 4.74 Å². The molecule has 2 aromatic rings. The fourth-order valence-electron chi connectivity index (χ4n) is 2.70. The minimum absolute atomic E-state index is 0.00831. The number of rotatable bonds is 7. The van der Waals surface area contributed by atoms with E-state index >= 15 is 0 Å². The average Bonchev–Trinajstić information content (AvgIpc) is 2.61. The molecule has 2 rings (SSSR count). The van der Waals surface area contributed by atoms with E-state index in [9.17, 15) is 24.8 Å². The maximum absolute atomic E-state index is 12.5. The van der Waals surface area contributed by atoms with Gasteiger partial charge in [-0.05, 0) is 17.5 Å². The molecule has 0 bridgehead atoms. The molecule has 0 aromatic heterocycles. The standard InChI is InChI=1S/C19H19NO6/c1-12(2)15(13-7-4-3-5-8-13)11-26-19(23)17-14(18(21)22)9-6-10-16(17)20(24)25/h3-10,12,15H,11H2,1-2H3,(H,21,22)/t15-/m1/s1. The number of hydrogen-bond donors (Lipinski definition) is 1. The molecular formula is C19H19NO6. The summed E-state index contributed by atoms with van der Waals surface area (Å²) < 4.78 is 5.28. The Kier molecular flexibility index (Phi) is 6.06. The number of esters is 1. The summed E-state index contributed by atoms with van der Waals surface area (Å²) in [6.07, 6.45) is 0. The molecular weight excluding hydrogens is 338 g/mol. The van der Waals surface area contributed by atoms with E-state index in [2.05, 4.69) is 0 Å². The number of carboxylic acid groups (broad SMARTS) is 1. The SMILES string of the molecule is CC(C)[C@@H](COC(=O)c1c(C(=O)O)cccc1[N+](=O)[O-])c1ccccc1.